The number of nitrogens with zero attached hydrogens (tertiary/aromatic N) is 1. The highest BCUT2D eigenvalue weighted by molar-refractivity contribution is 4.79. The van der Waals surface area contributed by atoms with Crippen LogP contribution < -0.4 is 0 Å². The Morgan fingerprint density at radius 3 is 2.30 bits per heavy atom. The second kappa shape index (κ2) is 3.35. The highest BCUT2D eigenvalue weighted by Gasteiger charge is 2.28. The smallest absolute Gasteiger partial charge is 0.0459 e. The van der Waals surface area contributed by atoms with E-state index in [1.54, 1.807) is 0 Å². The van der Waals surface area contributed by atoms with E-state index in [0.29, 0.717) is 12.5 Å². The van der Waals surface area contributed by atoms with Gasteiger partial charge in [0.25, 0.3) is 0 Å². The molecule has 1 saturated carbocycles. The first-order chi connectivity index (χ1) is 4.72. The van der Waals surface area contributed by atoms with Crippen molar-refractivity contribution in [1.29, 1.82) is 0 Å². The molecule has 0 spiro atoms. The van der Waals surface area contributed by atoms with Crippen LogP contribution >= 0.6 is 0 Å². The molecule has 1 aliphatic rings. The lowest BCUT2D eigenvalue weighted by Crippen LogP contribution is -2.34. The molecular formula is C8H17NO. The Hall–Kier alpha value is -0.0800. The maximum Gasteiger partial charge on any atom is 0.0459 e. The van der Waals surface area contributed by atoms with Gasteiger partial charge in [0.1, 0.15) is 0 Å². The van der Waals surface area contributed by atoms with Crippen LogP contribution in [-0.4, -0.2) is 37.3 Å². The van der Waals surface area contributed by atoms with Gasteiger partial charge in [0, 0.05) is 13.2 Å². The molecule has 60 valence electrons. The van der Waals surface area contributed by atoms with Gasteiger partial charge in [-0.3, -0.25) is 0 Å². The number of aliphatic hydroxyl groups is 1. The molecule has 0 aliphatic heterocycles. The minimum Gasteiger partial charge on any atom is -0.396 e. The van der Waals surface area contributed by atoms with Crippen molar-refractivity contribution < 1.29 is 5.11 Å². The highest BCUT2D eigenvalue weighted by Crippen LogP contribution is 2.33. The maximum absolute atomic E-state index is 8.72. The van der Waals surface area contributed by atoms with E-state index in [9.17, 15) is 0 Å². The molecule has 2 heteroatoms. The van der Waals surface area contributed by atoms with Gasteiger partial charge in [-0.25, -0.2) is 0 Å². The monoisotopic (exact) mass is 143 g/mol. The summed E-state index contributed by atoms with van der Waals surface area (Å²) in [4.78, 5) is 2.22. The fraction of sp³-hybridized carbons (Fsp3) is 1.00. The highest BCUT2D eigenvalue weighted by atomic mass is 16.3. The molecule has 0 radical (unpaired) electrons. The third-order valence-corrected chi connectivity index (χ3v) is 2.21. The summed E-state index contributed by atoms with van der Waals surface area (Å²) in [5.41, 5.74) is 0. The SMILES string of the molecule is CN(C)CC1CC(CO)C1. The average molecular weight is 143 g/mol. The zero-order chi connectivity index (χ0) is 7.56. The number of hydrogen-bond acceptors (Lipinski definition) is 2. The minimum absolute atomic E-state index is 0.393. The lowest BCUT2D eigenvalue weighted by molar-refractivity contribution is 0.0896. The van der Waals surface area contributed by atoms with Crippen LogP contribution in [0.15, 0.2) is 0 Å². The Morgan fingerprint density at radius 1 is 1.30 bits per heavy atom. The summed E-state index contributed by atoms with van der Waals surface area (Å²) in [5.74, 6) is 1.47. The molecule has 10 heavy (non-hydrogen) atoms. The quantitative estimate of drug-likeness (QED) is 0.624. The van der Waals surface area contributed by atoms with Crippen molar-refractivity contribution in [3.63, 3.8) is 0 Å². The van der Waals surface area contributed by atoms with E-state index in [2.05, 4.69) is 19.0 Å². The normalized spacial score (nSPS) is 32.4. The van der Waals surface area contributed by atoms with Crippen LogP contribution in [0.4, 0.5) is 0 Å². The van der Waals surface area contributed by atoms with Crippen LogP contribution in [0.3, 0.4) is 0 Å². The second-order valence-corrected chi connectivity index (χ2v) is 3.65. The van der Waals surface area contributed by atoms with Gasteiger partial charge in [0.05, 0.1) is 0 Å². The molecule has 1 N–H and O–H groups in total. The van der Waals surface area contributed by atoms with Gasteiger partial charge in [-0.1, -0.05) is 0 Å². The van der Waals surface area contributed by atoms with E-state index >= 15 is 0 Å². The van der Waals surface area contributed by atoms with E-state index < -0.39 is 0 Å². The molecule has 0 heterocycles. The average Bonchev–Trinajstić information content (AvgIpc) is 1.76. The molecule has 0 aromatic rings. The summed E-state index contributed by atoms with van der Waals surface area (Å²) in [6.45, 7) is 1.58. The van der Waals surface area contributed by atoms with Crippen molar-refractivity contribution in [3.8, 4) is 0 Å². The van der Waals surface area contributed by atoms with Gasteiger partial charge in [-0.05, 0) is 38.8 Å². The van der Waals surface area contributed by atoms with E-state index in [1.807, 2.05) is 0 Å². The Labute approximate surface area is 62.8 Å². The molecule has 1 aliphatic carbocycles. The minimum atomic E-state index is 0.393. The molecular weight excluding hydrogens is 126 g/mol. The van der Waals surface area contributed by atoms with Gasteiger partial charge in [-0.15, -0.1) is 0 Å². The van der Waals surface area contributed by atoms with Crippen LogP contribution in [0.1, 0.15) is 12.8 Å². The first kappa shape index (κ1) is 8.02. The Kier molecular flexibility index (Phi) is 2.69. The van der Waals surface area contributed by atoms with Crippen LogP contribution in [0.5, 0.6) is 0 Å². The lowest BCUT2D eigenvalue weighted by atomic mass is 9.75. The second-order valence-electron chi connectivity index (χ2n) is 3.65. The van der Waals surface area contributed by atoms with Crippen molar-refractivity contribution in [2.45, 2.75) is 12.8 Å². The van der Waals surface area contributed by atoms with E-state index in [1.165, 1.54) is 19.4 Å². The summed E-state index contributed by atoms with van der Waals surface area (Å²) < 4.78 is 0. The third kappa shape index (κ3) is 1.96. The zero-order valence-corrected chi connectivity index (χ0v) is 6.88. The first-order valence-electron chi connectivity index (χ1n) is 3.98. The Balaban J connectivity index is 2.03. The fourth-order valence-corrected chi connectivity index (χ4v) is 1.69. The summed E-state index contributed by atoms with van der Waals surface area (Å²) >= 11 is 0. The van der Waals surface area contributed by atoms with Gasteiger partial charge >= 0.3 is 0 Å². The third-order valence-electron chi connectivity index (χ3n) is 2.21. The van der Waals surface area contributed by atoms with Crippen LogP contribution in [0.25, 0.3) is 0 Å². The maximum atomic E-state index is 8.72. The van der Waals surface area contributed by atoms with Crippen molar-refractivity contribution in [1.82, 2.24) is 4.90 Å². The number of rotatable bonds is 3. The van der Waals surface area contributed by atoms with Crippen molar-refractivity contribution >= 4 is 0 Å². The molecule has 0 saturated heterocycles. The molecule has 1 rings (SSSR count). The lowest BCUT2D eigenvalue weighted by Gasteiger charge is -2.35. The van der Waals surface area contributed by atoms with Crippen LogP contribution in [0.2, 0.25) is 0 Å². The predicted molar refractivity (Wildman–Crippen MR) is 41.9 cm³/mol. The molecule has 2 nitrogen and oxygen atoms in total. The topological polar surface area (TPSA) is 23.5 Å². The summed E-state index contributed by atoms with van der Waals surface area (Å²) in [6.07, 6.45) is 2.46. The van der Waals surface area contributed by atoms with Gasteiger partial charge in [0.2, 0.25) is 0 Å². The largest absolute Gasteiger partial charge is 0.396 e. The van der Waals surface area contributed by atoms with Crippen molar-refractivity contribution in [3.05, 3.63) is 0 Å². The molecule has 1 fully saturated rings. The molecule has 0 bridgehead atoms. The molecule has 0 atom stereocenters. The van der Waals surface area contributed by atoms with Crippen molar-refractivity contribution in [2.75, 3.05) is 27.2 Å². The van der Waals surface area contributed by atoms with Crippen molar-refractivity contribution in [2.24, 2.45) is 11.8 Å². The van der Waals surface area contributed by atoms with Gasteiger partial charge < -0.3 is 10.0 Å². The molecule has 0 unspecified atom stereocenters. The summed E-state index contributed by atoms with van der Waals surface area (Å²) in [5, 5.41) is 8.72. The standard InChI is InChI=1S/C8H17NO/c1-9(2)5-7-3-8(4-7)6-10/h7-8,10H,3-6H2,1-2H3. The van der Waals surface area contributed by atoms with Gasteiger partial charge in [-0.2, -0.15) is 0 Å². The van der Waals surface area contributed by atoms with Crippen LogP contribution in [0, 0.1) is 11.8 Å². The number of hydrogen-bond donors (Lipinski definition) is 1. The molecule has 0 amide bonds. The van der Waals surface area contributed by atoms with Crippen LogP contribution in [-0.2, 0) is 0 Å². The zero-order valence-electron chi connectivity index (χ0n) is 6.88. The molecule has 0 aromatic carbocycles. The van der Waals surface area contributed by atoms with E-state index in [0.717, 1.165) is 5.92 Å². The Bertz CT molecular complexity index is 97.4. The summed E-state index contributed by atoms with van der Waals surface area (Å²) in [6, 6.07) is 0. The first-order valence-corrected chi connectivity index (χ1v) is 3.98. The van der Waals surface area contributed by atoms with E-state index in [4.69, 9.17) is 5.11 Å². The fourth-order valence-electron chi connectivity index (χ4n) is 1.69. The molecule has 0 aromatic heterocycles. The van der Waals surface area contributed by atoms with E-state index in [-0.39, 0.29) is 0 Å². The summed E-state index contributed by atoms with van der Waals surface area (Å²) in [7, 11) is 4.21. The van der Waals surface area contributed by atoms with Gasteiger partial charge in [0.15, 0.2) is 0 Å². The number of aliphatic hydroxyl groups excluding tert-OH is 1. The predicted octanol–water partition coefficient (Wildman–Crippen LogP) is 0.567. The Morgan fingerprint density at radius 2 is 1.90 bits per heavy atom.